The zero-order valence-corrected chi connectivity index (χ0v) is 63.9. The minimum absolute atomic E-state index is 0.0118. The Bertz CT molecular complexity index is 7760. The SMILES string of the molecule is [2H]c1c([2H])c(-n2c3c([2H])c([2H])c([2H])c([2H])c3c3c([2H])c([2H])c([2H])c([2H])c32)c([2H])c2c1B1c3c(cc(C(C)(C)C)cc3N(c3c(-c4ccccc4)cc(C(C)(C)C)cc3-c3ccccc3)c3c([2H])c(-n4c5c([2H])c([2H])c([2H])c([2H])c5c5c([2H])c([2H])c([2H])c([2H])c54)c([2H])c(-c4cc(-c5ccccc5)cc(-c5ccccc5)c4)c31)N2c1c(-c2ccccc2)cc(C(C)(C)C)cc1-c1ccccc1. The lowest BCUT2D eigenvalue weighted by Crippen LogP contribution is -2.62. The highest BCUT2D eigenvalue weighted by Gasteiger charge is 2.48. The van der Waals surface area contributed by atoms with Crippen molar-refractivity contribution in [3.05, 3.63) is 380 Å². The maximum absolute atomic E-state index is 12.4. The average molecular weight is 1470 g/mol. The van der Waals surface area contributed by atoms with Gasteiger partial charge in [0, 0.05) is 77.9 Å². The topological polar surface area (TPSA) is 16.3 Å². The van der Waals surface area contributed by atoms with E-state index in [1.54, 1.807) is 0 Å². The summed E-state index contributed by atoms with van der Waals surface area (Å²) in [5, 5.41) is -1.31. The van der Waals surface area contributed by atoms with Crippen LogP contribution >= 0.6 is 0 Å². The number of aromatic nitrogens is 2. The van der Waals surface area contributed by atoms with Crippen LogP contribution in [-0.4, -0.2) is 15.8 Å². The summed E-state index contributed by atoms with van der Waals surface area (Å²) >= 11 is 0. The minimum Gasteiger partial charge on any atom is -0.310 e. The van der Waals surface area contributed by atoms with Gasteiger partial charge >= 0.3 is 0 Å². The molecule has 113 heavy (non-hydrogen) atoms. The van der Waals surface area contributed by atoms with Crippen LogP contribution in [0.1, 0.15) is 108 Å². The van der Waals surface area contributed by atoms with Gasteiger partial charge in [0.15, 0.2) is 0 Å². The fourth-order valence-corrected chi connectivity index (χ4v) is 16.7. The van der Waals surface area contributed by atoms with E-state index in [2.05, 4.69) is 98.7 Å². The van der Waals surface area contributed by atoms with Gasteiger partial charge in [-0.15, -0.1) is 0 Å². The van der Waals surface area contributed by atoms with Gasteiger partial charge in [0.2, 0.25) is 0 Å². The molecule has 0 aliphatic carbocycles. The first-order valence-corrected chi connectivity index (χ1v) is 38.2. The predicted molar refractivity (Wildman–Crippen MR) is 483 cm³/mol. The first-order chi connectivity index (χ1) is 63.7. The summed E-state index contributed by atoms with van der Waals surface area (Å²) in [6, 6.07) is 62.6. The quantitative estimate of drug-likeness (QED) is 0.120. The van der Waals surface area contributed by atoms with Crippen molar-refractivity contribution in [3.63, 3.8) is 0 Å². The third kappa shape index (κ3) is 11.7. The zero-order chi connectivity index (χ0) is 94.9. The molecule has 2 aliphatic rings. The summed E-state index contributed by atoms with van der Waals surface area (Å²) in [6.45, 7) is 17.3. The summed E-state index contributed by atoms with van der Waals surface area (Å²) in [7, 11) is 0. The molecule has 16 aromatic carbocycles. The Kier molecular flexibility index (Phi) is 11.8. The molecular weight excluding hydrogens is 1360 g/mol. The summed E-state index contributed by atoms with van der Waals surface area (Å²) < 4.78 is 218. The van der Waals surface area contributed by atoms with Crippen molar-refractivity contribution < 1.29 is 28.8 Å². The summed E-state index contributed by atoms with van der Waals surface area (Å²) in [5.74, 6) is 0. The number of rotatable bonds is 11. The molecule has 5 heteroatoms. The van der Waals surface area contributed by atoms with Crippen LogP contribution in [0, 0.1) is 0 Å². The Balaban J connectivity index is 1.12. The van der Waals surface area contributed by atoms with Crippen molar-refractivity contribution in [2.75, 3.05) is 9.80 Å². The molecule has 0 saturated heterocycles. The lowest BCUT2D eigenvalue weighted by atomic mass is 9.32. The van der Waals surface area contributed by atoms with Crippen molar-refractivity contribution in [1.29, 1.82) is 0 Å². The second kappa shape index (κ2) is 26.8. The highest BCUT2D eigenvalue weighted by Crippen LogP contribution is 2.57. The van der Waals surface area contributed by atoms with Crippen LogP contribution in [0.3, 0.4) is 0 Å². The average Bonchev–Trinajstić information content (AvgIpc) is 0.945. The van der Waals surface area contributed by atoms with Gasteiger partial charge in [-0.25, -0.2) is 0 Å². The molecule has 0 spiro atoms. The molecule has 4 heterocycles. The van der Waals surface area contributed by atoms with E-state index >= 15 is 0 Å². The highest BCUT2D eigenvalue weighted by atomic mass is 15.2. The van der Waals surface area contributed by atoms with E-state index in [4.69, 9.17) is 0 Å². The van der Waals surface area contributed by atoms with Gasteiger partial charge < -0.3 is 18.9 Å². The smallest absolute Gasteiger partial charge is 0.252 e. The van der Waals surface area contributed by atoms with E-state index in [-0.39, 0.29) is 66.0 Å². The normalized spacial score (nSPS) is 15.4. The molecule has 0 saturated carbocycles. The molecule has 0 N–H and O–H groups in total. The maximum atomic E-state index is 12.4. The summed E-state index contributed by atoms with van der Waals surface area (Å²) in [5.41, 5.74) is 8.05. The molecule has 18 aromatic rings. The Morgan fingerprint density at radius 3 is 0.929 bits per heavy atom. The van der Waals surface area contributed by atoms with E-state index in [9.17, 15) is 28.8 Å². The maximum Gasteiger partial charge on any atom is 0.252 e. The van der Waals surface area contributed by atoms with Crippen molar-refractivity contribution in [3.8, 4) is 89.3 Å². The van der Waals surface area contributed by atoms with Crippen LogP contribution in [0.25, 0.3) is 133 Å². The van der Waals surface area contributed by atoms with Crippen LogP contribution in [0.15, 0.2) is 363 Å². The molecule has 0 bridgehead atoms. The standard InChI is InChI=1S/C108H87BN4/c1-106(2,3)79-61-89(72-40-20-12-21-41-72)104(90(62-79)73-42-22-13-23-43-73)112-98-68-82(110-94-52-32-28-48-84(94)85-49-29-33-53-95(85)110)56-57-93(98)109-102-88(78-59-76(70-36-16-10-17-37-70)58-77(60-78)71-38-18-11-19-39-71)67-83(111-96-54-34-30-50-86(96)87-51-31-35-55-97(87)111)69-101(102)113(100-66-81(108(7,8)9)65-99(112)103(100)109)105-91(74-44-24-14-25-45-74)63-80(107(4,5)6)64-92(105)75-46-26-15-27-47-75/h10-69H,1-9H3/i28D,29D,30D,31D,32D,33D,34D,35D,48D,49D,50D,51D,52D,53D,54D,55D,56D,57D,67D,68D,69D. The molecule has 20 rings (SSSR count). The van der Waals surface area contributed by atoms with Crippen LogP contribution in [0.5, 0.6) is 0 Å². The van der Waals surface area contributed by atoms with Gasteiger partial charge in [-0.3, -0.25) is 0 Å². The zero-order valence-electron chi connectivity index (χ0n) is 84.9. The third-order valence-corrected chi connectivity index (χ3v) is 22.3. The molecule has 2 aliphatic heterocycles. The molecule has 0 radical (unpaired) electrons. The number of hydrogen-bond donors (Lipinski definition) is 0. The molecule has 0 fully saturated rings. The van der Waals surface area contributed by atoms with Gasteiger partial charge in [-0.05, 0) is 208 Å². The Hall–Kier alpha value is -13.2. The fraction of sp³-hybridized carbons (Fsp3) is 0.111. The third-order valence-electron chi connectivity index (χ3n) is 22.3. The number of hydrogen-bond acceptors (Lipinski definition) is 2. The van der Waals surface area contributed by atoms with E-state index in [0.717, 1.165) is 26.8 Å². The predicted octanol–water partition coefficient (Wildman–Crippen LogP) is 27.5. The van der Waals surface area contributed by atoms with Crippen molar-refractivity contribution in [2.45, 2.75) is 78.6 Å². The number of fused-ring (bicyclic) bond motifs is 10. The lowest BCUT2D eigenvalue weighted by Gasteiger charge is -2.47. The fourth-order valence-electron chi connectivity index (χ4n) is 16.7. The van der Waals surface area contributed by atoms with Crippen LogP contribution in [0.2, 0.25) is 0 Å². The molecular formula is C108H87BN4. The van der Waals surface area contributed by atoms with Gasteiger partial charge in [0.25, 0.3) is 6.71 Å². The second-order valence-corrected chi connectivity index (χ2v) is 32.4. The van der Waals surface area contributed by atoms with Gasteiger partial charge in [0.1, 0.15) is 0 Å². The molecule has 0 amide bonds. The first kappa shape index (κ1) is 49.8. The van der Waals surface area contributed by atoms with Crippen molar-refractivity contribution >= 4 is 101 Å². The van der Waals surface area contributed by atoms with E-state index in [0.29, 0.717) is 89.4 Å². The van der Waals surface area contributed by atoms with Gasteiger partial charge in [-0.1, -0.05) is 323 Å². The Labute approximate surface area is 693 Å². The molecule has 542 valence electrons. The summed E-state index contributed by atoms with van der Waals surface area (Å²) in [4.78, 5) is 4.02. The van der Waals surface area contributed by atoms with E-state index in [1.165, 1.54) is 4.57 Å². The Morgan fingerprint density at radius 2 is 0.566 bits per heavy atom. The van der Waals surface area contributed by atoms with Crippen molar-refractivity contribution in [2.24, 2.45) is 0 Å². The highest BCUT2D eigenvalue weighted by molar-refractivity contribution is 7.01. The van der Waals surface area contributed by atoms with Crippen LogP contribution in [0.4, 0.5) is 34.1 Å². The number of nitrogens with zero attached hydrogens (tertiary/aromatic N) is 4. The number of anilines is 6. The molecule has 2 aromatic heterocycles. The van der Waals surface area contributed by atoms with Crippen LogP contribution in [-0.2, 0) is 16.2 Å². The largest absolute Gasteiger partial charge is 0.310 e. The first-order valence-electron chi connectivity index (χ1n) is 48.7. The van der Waals surface area contributed by atoms with Crippen molar-refractivity contribution in [1.82, 2.24) is 9.13 Å². The van der Waals surface area contributed by atoms with E-state index in [1.807, 2.05) is 210 Å². The lowest BCUT2D eigenvalue weighted by molar-refractivity contribution is 0.590. The minimum atomic E-state index is -1.61. The molecule has 4 nitrogen and oxygen atoms in total. The second-order valence-electron chi connectivity index (χ2n) is 32.4. The Morgan fingerprint density at radius 1 is 0.257 bits per heavy atom. The molecule has 0 unspecified atom stereocenters. The van der Waals surface area contributed by atoms with Gasteiger partial charge in [0.05, 0.1) is 62.2 Å². The number of benzene rings is 16. The van der Waals surface area contributed by atoms with Gasteiger partial charge in [-0.2, -0.15) is 0 Å². The van der Waals surface area contributed by atoms with E-state index < -0.39 is 172 Å². The number of para-hydroxylation sites is 4. The van der Waals surface area contributed by atoms with Crippen LogP contribution < -0.4 is 26.2 Å². The summed E-state index contributed by atoms with van der Waals surface area (Å²) in [6.07, 6.45) is 0. The molecule has 0 atom stereocenters. The monoisotopic (exact) mass is 1470 g/mol.